The van der Waals surface area contributed by atoms with E-state index in [4.69, 9.17) is 10.2 Å². The smallest absolute Gasteiger partial charge is 0.231 e. The molecular formula is C18H22N4O. The molecule has 5 nitrogen and oxygen atoms in total. The number of benzene rings is 1. The molecule has 0 atom stereocenters. The number of hydrogen-bond donors (Lipinski definition) is 1. The highest BCUT2D eigenvalue weighted by molar-refractivity contribution is 5.88. The molecule has 0 radical (unpaired) electrons. The van der Waals surface area contributed by atoms with Gasteiger partial charge in [-0.05, 0) is 32.9 Å². The third-order valence-corrected chi connectivity index (χ3v) is 4.14. The van der Waals surface area contributed by atoms with Crippen molar-refractivity contribution >= 4 is 16.9 Å². The number of nitrogens with zero attached hydrogens (tertiary/aromatic N) is 3. The van der Waals surface area contributed by atoms with Crippen LogP contribution in [0.5, 0.6) is 0 Å². The third kappa shape index (κ3) is 3.35. The Hall–Kier alpha value is -2.40. The normalized spacial score (nSPS) is 11.5. The quantitative estimate of drug-likeness (QED) is 0.784. The fraction of sp³-hybridized carbons (Fsp3) is 0.333. The summed E-state index contributed by atoms with van der Waals surface area (Å²) in [7, 11) is 2.06. The second-order valence-electron chi connectivity index (χ2n) is 5.96. The molecule has 0 unspecified atom stereocenters. The number of nitrogens with two attached hydrogens (primary N) is 1. The number of likely N-dealkylation sites (N-methyl/N-ethyl adjacent to an activating group) is 1. The van der Waals surface area contributed by atoms with Crippen molar-refractivity contribution in [3.8, 4) is 0 Å². The molecule has 2 heterocycles. The summed E-state index contributed by atoms with van der Waals surface area (Å²) in [4.78, 5) is 11.1. The monoisotopic (exact) mass is 310 g/mol. The molecule has 5 heteroatoms. The van der Waals surface area contributed by atoms with Gasteiger partial charge < -0.3 is 10.2 Å². The lowest BCUT2D eigenvalue weighted by Crippen LogP contribution is -2.22. The minimum atomic E-state index is 0.496. The van der Waals surface area contributed by atoms with E-state index in [1.165, 1.54) is 5.56 Å². The molecule has 0 aliphatic carbocycles. The summed E-state index contributed by atoms with van der Waals surface area (Å²) in [5.74, 6) is 2.03. The molecule has 0 aliphatic heterocycles. The summed E-state index contributed by atoms with van der Waals surface area (Å²) < 4.78 is 5.68. The molecule has 0 saturated carbocycles. The fourth-order valence-corrected chi connectivity index (χ4v) is 2.68. The third-order valence-electron chi connectivity index (χ3n) is 4.14. The lowest BCUT2D eigenvalue weighted by Gasteiger charge is -2.15. The Labute approximate surface area is 136 Å². The first-order valence-electron chi connectivity index (χ1n) is 7.79. The zero-order valence-corrected chi connectivity index (χ0v) is 13.8. The van der Waals surface area contributed by atoms with Crippen LogP contribution >= 0.6 is 0 Å². The lowest BCUT2D eigenvalue weighted by atomic mass is 10.1. The Bertz CT molecular complexity index is 811. The van der Waals surface area contributed by atoms with E-state index in [2.05, 4.69) is 46.2 Å². The van der Waals surface area contributed by atoms with Gasteiger partial charge in [-0.3, -0.25) is 4.90 Å². The van der Waals surface area contributed by atoms with Gasteiger partial charge in [-0.1, -0.05) is 30.3 Å². The zero-order valence-electron chi connectivity index (χ0n) is 13.8. The van der Waals surface area contributed by atoms with Crippen LogP contribution in [0.2, 0.25) is 0 Å². The van der Waals surface area contributed by atoms with Gasteiger partial charge >= 0.3 is 0 Å². The number of hydrogen-bond acceptors (Lipinski definition) is 5. The molecule has 0 fully saturated rings. The molecule has 2 N–H and O–H groups in total. The predicted molar refractivity (Wildman–Crippen MR) is 92.2 cm³/mol. The molecule has 0 aliphatic rings. The van der Waals surface area contributed by atoms with Crippen molar-refractivity contribution < 1.29 is 4.42 Å². The summed E-state index contributed by atoms with van der Waals surface area (Å²) in [5, 5.41) is 0.832. The summed E-state index contributed by atoms with van der Waals surface area (Å²) in [5.41, 5.74) is 9.01. The largest absolute Gasteiger partial charge is 0.443 e. The van der Waals surface area contributed by atoms with Gasteiger partial charge in [-0.2, -0.15) is 4.98 Å². The summed E-state index contributed by atoms with van der Waals surface area (Å²) in [6.45, 7) is 5.47. The van der Waals surface area contributed by atoms with E-state index in [9.17, 15) is 0 Å². The Balaban J connectivity index is 1.71. The maximum absolute atomic E-state index is 6.08. The standard InChI is InChI=1S/C18H22N4O/c1-12-13(2)23-18-16(12)17(19)20-15(21-18)11-22(3)10-9-14-7-5-4-6-8-14/h4-8H,9-11H2,1-3H3,(H2,19,20,21). The number of aromatic nitrogens is 2. The SMILES string of the molecule is Cc1oc2nc(CN(C)CCc3ccccc3)nc(N)c2c1C. The molecular weight excluding hydrogens is 288 g/mol. The van der Waals surface area contributed by atoms with Gasteiger partial charge in [0, 0.05) is 12.1 Å². The number of fused-ring (bicyclic) bond motifs is 1. The predicted octanol–water partition coefficient (Wildman–Crippen LogP) is 3.10. The van der Waals surface area contributed by atoms with Crippen LogP contribution in [0.4, 0.5) is 5.82 Å². The maximum Gasteiger partial charge on any atom is 0.231 e. The van der Waals surface area contributed by atoms with E-state index in [1.807, 2.05) is 19.9 Å². The first-order chi connectivity index (χ1) is 11.0. The Morgan fingerprint density at radius 2 is 1.87 bits per heavy atom. The van der Waals surface area contributed by atoms with Crippen molar-refractivity contribution in [3.05, 3.63) is 53.0 Å². The van der Waals surface area contributed by atoms with E-state index in [0.29, 0.717) is 23.9 Å². The van der Waals surface area contributed by atoms with E-state index < -0.39 is 0 Å². The van der Waals surface area contributed by atoms with E-state index in [-0.39, 0.29) is 0 Å². The van der Waals surface area contributed by atoms with Gasteiger partial charge in [-0.15, -0.1) is 0 Å². The van der Waals surface area contributed by atoms with Crippen LogP contribution in [0, 0.1) is 13.8 Å². The van der Waals surface area contributed by atoms with Crippen LogP contribution in [-0.4, -0.2) is 28.5 Å². The minimum Gasteiger partial charge on any atom is -0.443 e. The van der Waals surface area contributed by atoms with Crippen LogP contribution in [0.15, 0.2) is 34.7 Å². The van der Waals surface area contributed by atoms with Crippen molar-refractivity contribution in [3.63, 3.8) is 0 Å². The second kappa shape index (κ2) is 6.38. The molecule has 0 amide bonds. The van der Waals surface area contributed by atoms with E-state index in [1.54, 1.807) is 0 Å². The number of aryl methyl sites for hydroxylation is 2. The molecule has 120 valence electrons. The van der Waals surface area contributed by atoms with Gasteiger partial charge in [0.2, 0.25) is 5.71 Å². The van der Waals surface area contributed by atoms with Crippen LogP contribution in [0.25, 0.3) is 11.1 Å². The first-order valence-corrected chi connectivity index (χ1v) is 7.79. The minimum absolute atomic E-state index is 0.496. The summed E-state index contributed by atoms with van der Waals surface area (Å²) in [6.07, 6.45) is 0.994. The zero-order chi connectivity index (χ0) is 16.4. The van der Waals surface area contributed by atoms with Crippen molar-refractivity contribution in [2.45, 2.75) is 26.8 Å². The Kier molecular flexibility index (Phi) is 4.30. The van der Waals surface area contributed by atoms with Gasteiger partial charge in [0.1, 0.15) is 17.4 Å². The molecule has 23 heavy (non-hydrogen) atoms. The molecule has 0 spiro atoms. The Morgan fingerprint density at radius 3 is 2.61 bits per heavy atom. The van der Waals surface area contributed by atoms with Crippen molar-refractivity contribution in [1.82, 2.24) is 14.9 Å². The summed E-state index contributed by atoms with van der Waals surface area (Å²) >= 11 is 0. The van der Waals surface area contributed by atoms with Gasteiger partial charge in [-0.25, -0.2) is 4.98 Å². The Morgan fingerprint density at radius 1 is 1.13 bits per heavy atom. The number of anilines is 1. The van der Waals surface area contributed by atoms with E-state index in [0.717, 1.165) is 29.7 Å². The maximum atomic E-state index is 6.08. The van der Waals surface area contributed by atoms with Crippen molar-refractivity contribution in [2.75, 3.05) is 19.3 Å². The number of nitrogen functional groups attached to an aromatic ring is 1. The topological polar surface area (TPSA) is 68.2 Å². The molecule has 0 bridgehead atoms. The van der Waals surface area contributed by atoms with Crippen LogP contribution in [0.1, 0.15) is 22.7 Å². The molecule has 2 aromatic heterocycles. The van der Waals surface area contributed by atoms with Gasteiger partial charge in [0.05, 0.1) is 11.9 Å². The van der Waals surface area contributed by atoms with Crippen molar-refractivity contribution in [2.24, 2.45) is 0 Å². The lowest BCUT2D eigenvalue weighted by molar-refractivity contribution is 0.322. The molecule has 1 aromatic carbocycles. The average molecular weight is 310 g/mol. The van der Waals surface area contributed by atoms with Crippen LogP contribution in [0.3, 0.4) is 0 Å². The number of furan rings is 1. The van der Waals surface area contributed by atoms with Gasteiger partial charge in [0.25, 0.3) is 0 Å². The highest BCUT2D eigenvalue weighted by Gasteiger charge is 2.15. The molecule has 3 rings (SSSR count). The molecule has 3 aromatic rings. The van der Waals surface area contributed by atoms with Gasteiger partial charge in [0.15, 0.2) is 0 Å². The highest BCUT2D eigenvalue weighted by Crippen LogP contribution is 2.27. The molecule has 0 saturated heterocycles. The average Bonchev–Trinajstić information content (AvgIpc) is 2.81. The van der Waals surface area contributed by atoms with Crippen LogP contribution in [-0.2, 0) is 13.0 Å². The van der Waals surface area contributed by atoms with E-state index >= 15 is 0 Å². The van der Waals surface area contributed by atoms with Crippen molar-refractivity contribution in [1.29, 1.82) is 0 Å². The first kappa shape index (κ1) is 15.5. The highest BCUT2D eigenvalue weighted by atomic mass is 16.3. The fourth-order valence-electron chi connectivity index (χ4n) is 2.68. The van der Waals surface area contributed by atoms with Crippen LogP contribution < -0.4 is 5.73 Å². The summed E-state index contributed by atoms with van der Waals surface area (Å²) in [6, 6.07) is 10.4. The number of rotatable bonds is 5. The second-order valence-corrected chi connectivity index (χ2v) is 5.96.